The molecule has 1 aromatic rings. The third kappa shape index (κ3) is 4.63. The molecule has 1 heterocycles. The molecule has 1 aromatic heterocycles. The predicted octanol–water partition coefficient (Wildman–Crippen LogP) is 2.44. The van der Waals surface area contributed by atoms with Gasteiger partial charge in [0, 0.05) is 6.04 Å². The lowest BCUT2D eigenvalue weighted by Crippen LogP contribution is -2.16. The number of rotatable bonds is 6. The molecule has 0 amide bonds. The lowest BCUT2D eigenvalue weighted by Gasteiger charge is -2.13. The van der Waals surface area contributed by atoms with Crippen molar-refractivity contribution < 1.29 is 0 Å². The Kier molecular flexibility index (Phi) is 4.87. The van der Waals surface area contributed by atoms with Gasteiger partial charge in [-0.05, 0) is 13.3 Å². The summed E-state index contributed by atoms with van der Waals surface area (Å²) in [6, 6.07) is 0.424. The number of aromatic nitrogens is 2. The van der Waals surface area contributed by atoms with Crippen LogP contribution in [0.1, 0.15) is 39.5 Å². The average molecular weight is 208 g/mol. The maximum absolute atomic E-state index is 5.54. The normalized spacial score (nSPS) is 12.4. The summed E-state index contributed by atoms with van der Waals surface area (Å²) in [5.74, 6) is 1.22. The van der Waals surface area contributed by atoms with Crippen LogP contribution in [-0.2, 0) is 0 Å². The van der Waals surface area contributed by atoms with Crippen molar-refractivity contribution in [3.8, 4) is 0 Å². The fourth-order valence-corrected chi connectivity index (χ4v) is 1.48. The van der Waals surface area contributed by atoms with E-state index in [0.29, 0.717) is 11.9 Å². The maximum Gasteiger partial charge on any atom is 0.147 e. The molecule has 4 heteroatoms. The van der Waals surface area contributed by atoms with Gasteiger partial charge in [-0.15, -0.1) is 0 Å². The minimum Gasteiger partial charge on any atom is -0.382 e. The van der Waals surface area contributed by atoms with Crippen LogP contribution in [0.25, 0.3) is 0 Å². The Labute approximate surface area is 91.3 Å². The topological polar surface area (TPSA) is 63.8 Å². The molecule has 0 fully saturated rings. The zero-order valence-electron chi connectivity index (χ0n) is 9.53. The lowest BCUT2D eigenvalue weighted by molar-refractivity contribution is 0.613. The molecule has 1 unspecified atom stereocenters. The Bertz CT molecular complexity index is 288. The third-order valence-electron chi connectivity index (χ3n) is 2.29. The largest absolute Gasteiger partial charge is 0.382 e. The zero-order valence-corrected chi connectivity index (χ0v) is 9.53. The molecule has 84 valence electrons. The van der Waals surface area contributed by atoms with Crippen LogP contribution in [0.3, 0.4) is 0 Å². The van der Waals surface area contributed by atoms with Crippen LogP contribution < -0.4 is 11.1 Å². The van der Waals surface area contributed by atoms with Gasteiger partial charge in [0.15, 0.2) is 0 Å². The van der Waals surface area contributed by atoms with Crippen LogP contribution in [0.5, 0.6) is 0 Å². The first-order valence-electron chi connectivity index (χ1n) is 5.56. The van der Waals surface area contributed by atoms with E-state index in [1.165, 1.54) is 19.3 Å². The van der Waals surface area contributed by atoms with Crippen LogP contribution in [0, 0.1) is 0 Å². The van der Waals surface area contributed by atoms with Crippen molar-refractivity contribution in [2.24, 2.45) is 0 Å². The smallest absolute Gasteiger partial charge is 0.147 e. The minimum absolute atomic E-state index is 0.424. The first-order chi connectivity index (χ1) is 7.22. The third-order valence-corrected chi connectivity index (χ3v) is 2.29. The number of hydrogen-bond acceptors (Lipinski definition) is 4. The van der Waals surface area contributed by atoms with Gasteiger partial charge in [-0.25, -0.2) is 4.98 Å². The van der Waals surface area contributed by atoms with Crippen molar-refractivity contribution in [3.63, 3.8) is 0 Å². The van der Waals surface area contributed by atoms with E-state index in [2.05, 4.69) is 29.1 Å². The van der Waals surface area contributed by atoms with Gasteiger partial charge < -0.3 is 11.1 Å². The number of anilines is 2. The van der Waals surface area contributed by atoms with Gasteiger partial charge >= 0.3 is 0 Å². The van der Waals surface area contributed by atoms with E-state index >= 15 is 0 Å². The quantitative estimate of drug-likeness (QED) is 0.705. The standard InChI is InChI=1S/C11H20N4/c1-3-4-5-6-9(2)14-11-8-13-7-10(12)15-11/h7-9H,3-6H2,1-2H3,(H3,12,14,15). The van der Waals surface area contributed by atoms with Gasteiger partial charge in [0.1, 0.15) is 11.6 Å². The molecule has 0 bridgehead atoms. The number of unbranched alkanes of at least 4 members (excludes halogenated alkanes) is 2. The average Bonchev–Trinajstić information content (AvgIpc) is 2.18. The van der Waals surface area contributed by atoms with E-state index in [4.69, 9.17) is 5.73 Å². The second-order valence-corrected chi connectivity index (χ2v) is 3.87. The van der Waals surface area contributed by atoms with Gasteiger partial charge in [0.2, 0.25) is 0 Å². The molecule has 0 radical (unpaired) electrons. The molecular formula is C11H20N4. The number of hydrogen-bond donors (Lipinski definition) is 2. The van der Waals surface area contributed by atoms with Crippen LogP contribution in [0.2, 0.25) is 0 Å². The van der Waals surface area contributed by atoms with E-state index in [0.717, 1.165) is 12.2 Å². The van der Waals surface area contributed by atoms with E-state index in [1.807, 2.05) is 0 Å². The molecule has 1 atom stereocenters. The molecule has 4 nitrogen and oxygen atoms in total. The van der Waals surface area contributed by atoms with Crippen molar-refractivity contribution in [2.45, 2.75) is 45.6 Å². The van der Waals surface area contributed by atoms with Crippen LogP contribution in [0.15, 0.2) is 12.4 Å². The number of nitrogens with one attached hydrogen (secondary N) is 1. The van der Waals surface area contributed by atoms with Crippen molar-refractivity contribution in [3.05, 3.63) is 12.4 Å². The first-order valence-corrected chi connectivity index (χ1v) is 5.56. The number of nitrogens with two attached hydrogens (primary N) is 1. The monoisotopic (exact) mass is 208 g/mol. The summed E-state index contributed by atoms with van der Waals surface area (Å²) >= 11 is 0. The zero-order chi connectivity index (χ0) is 11.1. The molecule has 0 aliphatic heterocycles. The summed E-state index contributed by atoms with van der Waals surface area (Å²) < 4.78 is 0. The summed E-state index contributed by atoms with van der Waals surface area (Å²) in [4.78, 5) is 8.13. The van der Waals surface area contributed by atoms with Gasteiger partial charge in [0.05, 0.1) is 12.4 Å². The Hall–Kier alpha value is -1.32. The second-order valence-electron chi connectivity index (χ2n) is 3.87. The lowest BCUT2D eigenvalue weighted by atomic mass is 10.1. The Morgan fingerprint density at radius 3 is 2.87 bits per heavy atom. The molecule has 1 rings (SSSR count). The Balaban J connectivity index is 2.34. The van der Waals surface area contributed by atoms with Gasteiger partial charge in [-0.1, -0.05) is 26.2 Å². The SMILES string of the molecule is CCCCCC(C)Nc1cncc(N)n1. The highest BCUT2D eigenvalue weighted by atomic mass is 15.1. The van der Waals surface area contributed by atoms with Crippen molar-refractivity contribution in [2.75, 3.05) is 11.1 Å². The first kappa shape index (κ1) is 11.8. The number of nitrogens with zero attached hydrogens (tertiary/aromatic N) is 2. The van der Waals surface area contributed by atoms with Crippen molar-refractivity contribution in [1.82, 2.24) is 9.97 Å². The van der Waals surface area contributed by atoms with Crippen molar-refractivity contribution in [1.29, 1.82) is 0 Å². The van der Waals surface area contributed by atoms with E-state index in [-0.39, 0.29) is 0 Å². The molecule has 0 saturated heterocycles. The van der Waals surface area contributed by atoms with Gasteiger partial charge in [-0.3, -0.25) is 4.98 Å². The highest BCUT2D eigenvalue weighted by Gasteiger charge is 2.02. The fourth-order valence-electron chi connectivity index (χ4n) is 1.48. The van der Waals surface area contributed by atoms with Crippen molar-refractivity contribution >= 4 is 11.6 Å². The number of nitrogen functional groups attached to an aromatic ring is 1. The van der Waals surface area contributed by atoms with E-state index in [1.54, 1.807) is 12.4 Å². The van der Waals surface area contributed by atoms with Crippen LogP contribution in [0.4, 0.5) is 11.6 Å². The summed E-state index contributed by atoms with van der Waals surface area (Å²) in [6.45, 7) is 4.36. The molecule has 0 saturated carbocycles. The van der Waals surface area contributed by atoms with Crippen LogP contribution >= 0.6 is 0 Å². The minimum atomic E-state index is 0.424. The predicted molar refractivity (Wildman–Crippen MR) is 63.7 cm³/mol. The molecular weight excluding hydrogens is 188 g/mol. The van der Waals surface area contributed by atoms with Crippen LogP contribution in [-0.4, -0.2) is 16.0 Å². The fraction of sp³-hybridized carbons (Fsp3) is 0.636. The summed E-state index contributed by atoms with van der Waals surface area (Å²) in [6.07, 6.45) is 8.20. The summed E-state index contributed by atoms with van der Waals surface area (Å²) in [5.41, 5.74) is 5.54. The Morgan fingerprint density at radius 2 is 2.20 bits per heavy atom. The molecule has 3 N–H and O–H groups in total. The second kappa shape index (κ2) is 6.22. The van der Waals surface area contributed by atoms with E-state index in [9.17, 15) is 0 Å². The van der Waals surface area contributed by atoms with E-state index < -0.39 is 0 Å². The highest BCUT2D eigenvalue weighted by molar-refractivity contribution is 5.38. The Morgan fingerprint density at radius 1 is 1.40 bits per heavy atom. The van der Waals surface area contributed by atoms with Gasteiger partial charge in [-0.2, -0.15) is 0 Å². The summed E-state index contributed by atoms with van der Waals surface area (Å²) in [7, 11) is 0. The molecule has 15 heavy (non-hydrogen) atoms. The highest BCUT2D eigenvalue weighted by Crippen LogP contribution is 2.09. The maximum atomic E-state index is 5.54. The van der Waals surface area contributed by atoms with Gasteiger partial charge in [0.25, 0.3) is 0 Å². The summed E-state index contributed by atoms with van der Waals surface area (Å²) in [5, 5.41) is 3.29. The molecule has 0 spiro atoms. The molecule has 0 aromatic carbocycles. The molecule has 0 aliphatic carbocycles. The molecule has 0 aliphatic rings.